The summed E-state index contributed by atoms with van der Waals surface area (Å²) < 4.78 is 44.4. The normalized spacial score (nSPS) is 19.1. The number of halogens is 3. The van der Waals surface area contributed by atoms with Crippen molar-refractivity contribution in [3.8, 4) is 0 Å². The molecule has 0 unspecified atom stereocenters. The van der Waals surface area contributed by atoms with Gasteiger partial charge in [-0.1, -0.05) is 18.2 Å². The van der Waals surface area contributed by atoms with E-state index in [1.54, 1.807) is 12.1 Å². The van der Waals surface area contributed by atoms with Crippen LogP contribution in [0.1, 0.15) is 34.8 Å². The summed E-state index contributed by atoms with van der Waals surface area (Å²) in [7, 11) is 1.33. The Morgan fingerprint density at radius 1 is 1.12 bits per heavy atom. The van der Waals surface area contributed by atoms with Gasteiger partial charge in [-0.05, 0) is 53.8 Å². The minimum atomic E-state index is -4.31. The number of alkyl halides is 3. The second kappa shape index (κ2) is 10.3. The van der Waals surface area contributed by atoms with Crippen LogP contribution in [0.15, 0.2) is 42.5 Å². The van der Waals surface area contributed by atoms with E-state index in [9.17, 15) is 23.2 Å². The number of hydrogen-bond acceptors (Lipinski definition) is 5. The first-order valence-electron chi connectivity index (χ1n) is 11.5. The summed E-state index contributed by atoms with van der Waals surface area (Å²) in [6.07, 6.45) is -2.50. The van der Waals surface area contributed by atoms with E-state index in [0.717, 1.165) is 74.5 Å². The van der Waals surface area contributed by atoms with E-state index < -0.39 is 11.7 Å². The number of ether oxygens (including phenoxy) is 1. The van der Waals surface area contributed by atoms with Crippen molar-refractivity contribution in [3.05, 3.63) is 64.7 Å². The van der Waals surface area contributed by atoms with Crippen LogP contribution in [0.4, 0.5) is 18.9 Å². The van der Waals surface area contributed by atoms with Gasteiger partial charge in [0.1, 0.15) is 0 Å². The predicted octanol–water partition coefficient (Wildman–Crippen LogP) is 3.92. The second-order valence-corrected chi connectivity index (χ2v) is 8.90. The van der Waals surface area contributed by atoms with Crippen LogP contribution in [0.25, 0.3) is 0 Å². The maximum atomic E-state index is 12.8. The predicted molar refractivity (Wildman–Crippen MR) is 122 cm³/mol. The number of carbonyl (C=O) groups is 1. The molecule has 1 amide bonds. The first-order valence-corrected chi connectivity index (χ1v) is 11.5. The average Bonchev–Trinajstić information content (AvgIpc) is 2.82. The molecule has 2 aromatic carbocycles. The second-order valence-electron chi connectivity index (χ2n) is 8.90. The Bertz CT molecular complexity index is 987. The van der Waals surface area contributed by atoms with Crippen LogP contribution in [0.2, 0.25) is 0 Å². The fraction of sp³-hybridized carbons (Fsp3) is 0.480. The van der Waals surface area contributed by atoms with Gasteiger partial charge in [-0.3, -0.25) is 14.9 Å². The van der Waals surface area contributed by atoms with Gasteiger partial charge in [-0.15, -0.1) is 0 Å². The number of hydroxylamine groups is 2. The van der Waals surface area contributed by atoms with E-state index in [1.165, 1.54) is 12.6 Å². The largest absolute Gasteiger partial charge is 0.416 e. The topological polar surface area (TPSA) is 56.2 Å². The number of likely N-dealkylation sites (N-methyl/N-ethyl adjacent to an activating group) is 1. The standard InChI is InChI=1S/C25H30F3N3O3/c1-29(33)24(32)17-18-2-7-22-19(16-18)9-15-34-23(22)8-10-30-11-13-31(14-12-30)21-5-3-20(4-6-21)25(26,27)28/h2-7,16,23,33H,8-15,17H2,1H3/t23-/m0/s1. The van der Waals surface area contributed by atoms with Gasteiger partial charge in [0.15, 0.2) is 0 Å². The highest BCUT2D eigenvalue weighted by molar-refractivity contribution is 5.77. The molecule has 1 saturated heterocycles. The first kappa shape index (κ1) is 24.5. The quantitative estimate of drug-likeness (QED) is 0.505. The van der Waals surface area contributed by atoms with Crippen molar-refractivity contribution in [2.45, 2.75) is 31.5 Å². The first-order chi connectivity index (χ1) is 16.2. The molecule has 0 spiro atoms. The van der Waals surface area contributed by atoms with Crippen molar-refractivity contribution in [1.82, 2.24) is 9.96 Å². The van der Waals surface area contributed by atoms with Crippen molar-refractivity contribution >= 4 is 11.6 Å². The number of rotatable bonds is 6. The molecule has 4 rings (SSSR count). The van der Waals surface area contributed by atoms with Crippen LogP contribution in [0.5, 0.6) is 0 Å². The highest BCUT2D eigenvalue weighted by atomic mass is 19.4. The summed E-state index contributed by atoms with van der Waals surface area (Å²) in [5.74, 6) is -0.348. The molecule has 0 radical (unpaired) electrons. The third-order valence-electron chi connectivity index (χ3n) is 6.60. The van der Waals surface area contributed by atoms with Crippen molar-refractivity contribution in [1.29, 1.82) is 0 Å². The molecular formula is C25H30F3N3O3. The Labute approximate surface area is 197 Å². The Morgan fingerprint density at radius 3 is 2.47 bits per heavy atom. The Kier molecular flexibility index (Phi) is 7.45. The third kappa shape index (κ3) is 5.89. The number of carbonyl (C=O) groups excluding carboxylic acids is 1. The summed E-state index contributed by atoms with van der Waals surface area (Å²) in [6, 6.07) is 11.4. The Hall–Kier alpha value is -2.62. The van der Waals surface area contributed by atoms with Crippen LogP contribution in [0, 0.1) is 0 Å². The minimum absolute atomic E-state index is 0.00181. The number of nitrogens with zero attached hydrogens (tertiary/aromatic N) is 3. The van der Waals surface area contributed by atoms with Crippen LogP contribution in [-0.4, -0.2) is 67.5 Å². The SMILES string of the molecule is CN(O)C(=O)Cc1ccc2c(c1)CCO[C@H]2CCN1CCN(c2ccc(C(F)(F)F)cc2)CC1. The van der Waals surface area contributed by atoms with Crippen molar-refractivity contribution in [3.63, 3.8) is 0 Å². The van der Waals surface area contributed by atoms with E-state index in [1.807, 2.05) is 18.2 Å². The molecule has 2 heterocycles. The Balaban J connectivity index is 1.29. The molecule has 9 heteroatoms. The zero-order valence-corrected chi connectivity index (χ0v) is 19.2. The molecule has 0 bridgehead atoms. The highest BCUT2D eigenvalue weighted by Gasteiger charge is 2.30. The van der Waals surface area contributed by atoms with Gasteiger partial charge < -0.3 is 9.64 Å². The minimum Gasteiger partial charge on any atom is -0.373 e. The number of piperazine rings is 1. The lowest BCUT2D eigenvalue weighted by atomic mass is 9.93. The van der Waals surface area contributed by atoms with Gasteiger partial charge in [0.25, 0.3) is 0 Å². The van der Waals surface area contributed by atoms with Crippen LogP contribution in [0.3, 0.4) is 0 Å². The number of anilines is 1. The van der Waals surface area contributed by atoms with Crippen LogP contribution < -0.4 is 4.90 Å². The van der Waals surface area contributed by atoms with Crippen molar-refractivity contribution in [2.75, 3.05) is 51.3 Å². The number of hydrogen-bond donors (Lipinski definition) is 1. The molecule has 0 saturated carbocycles. The summed E-state index contributed by atoms with van der Waals surface area (Å²) >= 11 is 0. The van der Waals surface area contributed by atoms with Gasteiger partial charge in [-0.2, -0.15) is 13.2 Å². The van der Waals surface area contributed by atoms with Crippen molar-refractivity contribution < 1.29 is 27.9 Å². The zero-order chi connectivity index (χ0) is 24.3. The molecule has 2 aromatic rings. The molecule has 1 fully saturated rings. The Morgan fingerprint density at radius 2 is 1.82 bits per heavy atom. The maximum Gasteiger partial charge on any atom is 0.416 e. The lowest BCUT2D eigenvalue weighted by Crippen LogP contribution is -2.47. The molecule has 2 aliphatic heterocycles. The summed E-state index contributed by atoms with van der Waals surface area (Å²) in [5, 5.41) is 9.91. The van der Waals surface area contributed by atoms with Crippen LogP contribution in [-0.2, 0) is 28.5 Å². The molecule has 6 nitrogen and oxygen atoms in total. The van der Waals surface area contributed by atoms with Gasteiger partial charge >= 0.3 is 6.18 Å². The fourth-order valence-electron chi connectivity index (χ4n) is 4.62. The number of amides is 1. The third-order valence-corrected chi connectivity index (χ3v) is 6.60. The molecule has 1 atom stereocenters. The number of fused-ring (bicyclic) bond motifs is 1. The van der Waals surface area contributed by atoms with E-state index in [-0.39, 0.29) is 18.4 Å². The fourth-order valence-corrected chi connectivity index (χ4v) is 4.62. The van der Waals surface area contributed by atoms with Gasteiger partial charge in [0, 0.05) is 45.5 Å². The van der Waals surface area contributed by atoms with E-state index in [0.29, 0.717) is 11.7 Å². The molecule has 0 aliphatic carbocycles. The van der Waals surface area contributed by atoms with Gasteiger partial charge in [0.2, 0.25) is 5.91 Å². The molecule has 0 aromatic heterocycles. The van der Waals surface area contributed by atoms with Gasteiger partial charge in [0.05, 0.1) is 24.7 Å². The van der Waals surface area contributed by atoms with Crippen LogP contribution >= 0.6 is 0 Å². The molecule has 2 aliphatic rings. The van der Waals surface area contributed by atoms with E-state index >= 15 is 0 Å². The van der Waals surface area contributed by atoms with E-state index in [2.05, 4.69) is 9.80 Å². The molecule has 1 N–H and O–H groups in total. The molecule has 184 valence electrons. The maximum absolute atomic E-state index is 12.8. The summed E-state index contributed by atoms with van der Waals surface area (Å²) in [5.41, 5.74) is 3.42. The molecular weight excluding hydrogens is 447 g/mol. The highest BCUT2D eigenvalue weighted by Crippen LogP contribution is 2.32. The van der Waals surface area contributed by atoms with Crippen molar-refractivity contribution in [2.24, 2.45) is 0 Å². The smallest absolute Gasteiger partial charge is 0.373 e. The van der Waals surface area contributed by atoms with Gasteiger partial charge in [-0.25, -0.2) is 5.06 Å². The van der Waals surface area contributed by atoms with E-state index in [4.69, 9.17) is 4.74 Å². The lowest BCUT2D eigenvalue weighted by Gasteiger charge is -2.37. The molecule has 34 heavy (non-hydrogen) atoms. The number of benzene rings is 2. The lowest BCUT2D eigenvalue weighted by molar-refractivity contribution is -0.158. The summed E-state index contributed by atoms with van der Waals surface area (Å²) in [6.45, 7) is 4.73. The monoisotopic (exact) mass is 477 g/mol. The summed E-state index contributed by atoms with van der Waals surface area (Å²) in [4.78, 5) is 16.3. The average molecular weight is 478 g/mol. The zero-order valence-electron chi connectivity index (χ0n) is 19.2.